The van der Waals surface area contributed by atoms with E-state index in [-0.39, 0.29) is 5.92 Å². The van der Waals surface area contributed by atoms with Gasteiger partial charge in [-0.3, -0.25) is 4.79 Å². The van der Waals surface area contributed by atoms with Gasteiger partial charge in [-0.25, -0.2) is 0 Å². The number of hydrogen-bond donors (Lipinski definition) is 1. The van der Waals surface area contributed by atoms with Gasteiger partial charge < -0.3 is 5.32 Å². The van der Waals surface area contributed by atoms with Crippen LogP contribution in [0.25, 0.3) is 0 Å². The second-order valence-electron chi connectivity index (χ2n) is 2.66. The molecule has 1 radical (unpaired) electrons. The zero-order valence-corrected chi connectivity index (χ0v) is 5.68. The van der Waals surface area contributed by atoms with Crippen molar-refractivity contribution in [3.05, 3.63) is 0 Å². The summed E-state index contributed by atoms with van der Waals surface area (Å²) in [4.78, 5) is 10.1. The van der Waals surface area contributed by atoms with Crippen LogP contribution in [0.3, 0.4) is 0 Å². The molecule has 51 valence electrons. The Hall–Kier alpha value is -0.370. The van der Waals surface area contributed by atoms with E-state index in [1.165, 1.54) is 0 Å². The summed E-state index contributed by atoms with van der Waals surface area (Å²) in [6.45, 7) is 4.00. The van der Waals surface area contributed by atoms with Crippen molar-refractivity contribution in [2.75, 3.05) is 13.1 Å². The molecule has 2 heteroatoms. The Kier molecular flexibility index (Phi) is 2.22. The van der Waals surface area contributed by atoms with E-state index >= 15 is 0 Å². The summed E-state index contributed by atoms with van der Waals surface area (Å²) in [6.07, 6.45) is 3.15. The predicted octanol–water partition coefficient (Wildman–Crippen LogP) is 0.342. The molecule has 0 bridgehead atoms. The number of nitrogens with one attached hydrogen (secondary N) is 1. The highest BCUT2D eigenvalue weighted by Crippen LogP contribution is 2.15. The highest BCUT2D eigenvalue weighted by molar-refractivity contribution is 5.54. The summed E-state index contributed by atoms with van der Waals surface area (Å²) in [5.41, 5.74) is 0. The van der Waals surface area contributed by atoms with Gasteiger partial charge in [0.25, 0.3) is 0 Å². The van der Waals surface area contributed by atoms with Crippen molar-refractivity contribution in [3.63, 3.8) is 0 Å². The van der Waals surface area contributed by atoms with E-state index in [0.29, 0.717) is 5.92 Å². The Labute approximate surface area is 55.6 Å². The van der Waals surface area contributed by atoms with E-state index in [1.54, 1.807) is 0 Å². The van der Waals surface area contributed by atoms with Gasteiger partial charge in [0.1, 0.15) is 0 Å². The van der Waals surface area contributed by atoms with Crippen molar-refractivity contribution in [1.29, 1.82) is 0 Å². The van der Waals surface area contributed by atoms with Crippen LogP contribution in [0.15, 0.2) is 0 Å². The first-order chi connectivity index (χ1) is 4.34. The van der Waals surface area contributed by atoms with E-state index in [9.17, 15) is 4.79 Å². The van der Waals surface area contributed by atoms with Crippen LogP contribution in [0.1, 0.15) is 13.3 Å². The topological polar surface area (TPSA) is 29.1 Å². The molecular formula is C7H12NO. The second kappa shape index (κ2) is 2.97. The third-order valence-corrected chi connectivity index (χ3v) is 1.99. The van der Waals surface area contributed by atoms with Gasteiger partial charge in [0, 0.05) is 5.92 Å². The smallest absolute Gasteiger partial charge is 0.201 e. The lowest BCUT2D eigenvalue weighted by Gasteiger charge is -2.08. The Balaban J connectivity index is 2.32. The SMILES string of the molecule is CC([C]=O)C1CCNC1. The fourth-order valence-corrected chi connectivity index (χ4v) is 1.20. The first-order valence-electron chi connectivity index (χ1n) is 3.43. The molecule has 0 aromatic carbocycles. The molecule has 2 atom stereocenters. The third-order valence-electron chi connectivity index (χ3n) is 1.99. The summed E-state index contributed by atoms with van der Waals surface area (Å²) < 4.78 is 0. The van der Waals surface area contributed by atoms with Crippen LogP contribution in [-0.2, 0) is 4.79 Å². The third kappa shape index (κ3) is 1.52. The zero-order chi connectivity index (χ0) is 6.69. The molecule has 1 fully saturated rings. The summed E-state index contributed by atoms with van der Waals surface area (Å²) >= 11 is 0. The Bertz CT molecular complexity index is 97.1. The summed E-state index contributed by atoms with van der Waals surface area (Å²) in [5.74, 6) is 0.669. The lowest BCUT2D eigenvalue weighted by molar-refractivity contribution is 0.444. The average molecular weight is 126 g/mol. The molecule has 0 spiro atoms. The maximum Gasteiger partial charge on any atom is 0.201 e. The van der Waals surface area contributed by atoms with Crippen LogP contribution in [0.4, 0.5) is 0 Å². The number of hydrogen-bond acceptors (Lipinski definition) is 2. The van der Waals surface area contributed by atoms with E-state index in [2.05, 4.69) is 5.32 Å². The van der Waals surface area contributed by atoms with Crippen molar-refractivity contribution < 1.29 is 4.79 Å². The van der Waals surface area contributed by atoms with E-state index < -0.39 is 0 Å². The molecule has 1 N–H and O–H groups in total. The van der Waals surface area contributed by atoms with Gasteiger partial charge in [0.05, 0.1) is 0 Å². The molecule has 0 saturated carbocycles. The van der Waals surface area contributed by atoms with E-state index in [1.807, 2.05) is 13.2 Å². The summed E-state index contributed by atoms with van der Waals surface area (Å²) in [5, 5.41) is 3.21. The number of rotatable bonds is 2. The molecule has 0 aromatic heterocycles. The van der Waals surface area contributed by atoms with Crippen LogP contribution < -0.4 is 5.32 Å². The van der Waals surface area contributed by atoms with Gasteiger partial charge in [0.2, 0.25) is 6.29 Å². The minimum atomic E-state index is 0.125. The van der Waals surface area contributed by atoms with Crippen molar-refractivity contribution in [2.24, 2.45) is 11.8 Å². The summed E-state index contributed by atoms with van der Waals surface area (Å²) in [6, 6.07) is 0. The average Bonchev–Trinajstić information content (AvgIpc) is 2.37. The highest BCUT2D eigenvalue weighted by atomic mass is 16.1. The molecule has 0 aromatic rings. The molecule has 0 amide bonds. The lowest BCUT2D eigenvalue weighted by atomic mass is 9.95. The van der Waals surface area contributed by atoms with Gasteiger partial charge in [-0.2, -0.15) is 0 Å². The molecule has 1 heterocycles. The molecule has 9 heavy (non-hydrogen) atoms. The molecule has 1 aliphatic heterocycles. The van der Waals surface area contributed by atoms with Crippen LogP contribution >= 0.6 is 0 Å². The molecule has 1 aliphatic rings. The van der Waals surface area contributed by atoms with Gasteiger partial charge in [0.15, 0.2) is 0 Å². The van der Waals surface area contributed by atoms with Crippen LogP contribution in [0, 0.1) is 11.8 Å². The minimum Gasteiger partial charge on any atom is -0.316 e. The first-order valence-corrected chi connectivity index (χ1v) is 3.43. The molecule has 2 nitrogen and oxygen atoms in total. The maximum atomic E-state index is 10.1. The fourth-order valence-electron chi connectivity index (χ4n) is 1.20. The largest absolute Gasteiger partial charge is 0.316 e. The second-order valence-corrected chi connectivity index (χ2v) is 2.66. The predicted molar refractivity (Wildman–Crippen MR) is 35.8 cm³/mol. The van der Waals surface area contributed by atoms with Crippen molar-refractivity contribution in [3.8, 4) is 0 Å². The molecule has 1 rings (SSSR count). The van der Waals surface area contributed by atoms with E-state index in [4.69, 9.17) is 0 Å². The summed E-state index contributed by atoms with van der Waals surface area (Å²) in [7, 11) is 0. The lowest BCUT2D eigenvalue weighted by Crippen LogP contribution is -2.16. The Morgan fingerprint density at radius 3 is 3.00 bits per heavy atom. The van der Waals surface area contributed by atoms with Gasteiger partial charge in [-0.05, 0) is 25.4 Å². The molecule has 1 saturated heterocycles. The maximum absolute atomic E-state index is 10.1. The van der Waals surface area contributed by atoms with Gasteiger partial charge in [-0.15, -0.1) is 0 Å². The van der Waals surface area contributed by atoms with Crippen LogP contribution in [-0.4, -0.2) is 19.4 Å². The zero-order valence-electron chi connectivity index (χ0n) is 5.68. The minimum absolute atomic E-state index is 0.125. The van der Waals surface area contributed by atoms with Crippen molar-refractivity contribution in [2.45, 2.75) is 13.3 Å². The monoisotopic (exact) mass is 126 g/mol. The van der Waals surface area contributed by atoms with Crippen LogP contribution in [0.5, 0.6) is 0 Å². The van der Waals surface area contributed by atoms with Gasteiger partial charge >= 0.3 is 0 Å². The first kappa shape index (κ1) is 6.75. The molecular weight excluding hydrogens is 114 g/mol. The van der Waals surface area contributed by atoms with Crippen molar-refractivity contribution >= 4 is 6.29 Å². The number of carbonyl (C=O) groups excluding carboxylic acids is 1. The van der Waals surface area contributed by atoms with E-state index in [0.717, 1.165) is 19.5 Å². The Morgan fingerprint density at radius 1 is 1.78 bits per heavy atom. The van der Waals surface area contributed by atoms with Crippen LogP contribution in [0.2, 0.25) is 0 Å². The normalized spacial score (nSPS) is 30.1. The quantitative estimate of drug-likeness (QED) is 0.578. The Morgan fingerprint density at radius 2 is 2.56 bits per heavy atom. The molecule has 0 aliphatic carbocycles. The highest BCUT2D eigenvalue weighted by Gasteiger charge is 2.20. The van der Waals surface area contributed by atoms with Gasteiger partial charge in [-0.1, -0.05) is 6.92 Å². The molecule has 2 unspecified atom stereocenters. The standard InChI is InChI=1S/C7H12NO/c1-6(5-9)7-2-3-8-4-7/h6-8H,2-4H2,1H3. The van der Waals surface area contributed by atoms with Crippen molar-refractivity contribution in [1.82, 2.24) is 5.32 Å². The fraction of sp³-hybridized carbons (Fsp3) is 0.857.